The van der Waals surface area contributed by atoms with Crippen LogP contribution < -0.4 is 5.32 Å². The molecular weight excluding hydrogens is 332 g/mol. The van der Waals surface area contributed by atoms with Gasteiger partial charge in [0, 0.05) is 43.1 Å². The topological polar surface area (TPSA) is 80.6 Å². The van der Waals surface area contributed by atoms with E-state index in [1.807, 2.05) is 61.9 Å². The van der Waals surface area contributed by atoms with E-state index in [-0.39, 0.29) is 18.4 Å². The molecule has 1 aromatic carbocycles. The second-order valence-electron chi connectivity index (χ2n) is 7.45. The van der Waals surface area contributed by atoms with Crippen LogP contribution in [0.2, 0.25) is 0 Å². The second-order valence-corrected chi connectivity index (χ2v) is 7.45. The van der Waals surface area contributed by atoms with Crippen molar-refractivity contribution in [3.05, 3.63) is 36.5 Å². The van der Waals surface area contributed by atoms with E-state index in [1.54, 1.807) is 0 Å². The number of nitrogens with one attached hydrogen (secondary N) is 1. The van der Waals surface area contributed by atoms with E-state index in [2.05, 4.69) is 5.32 Å². The lowest BCUT2D eigenvalue weighted by molar-refractivity contribution is -0.194. The van der Waals surface area contributed by atoms with E-state index >= 15 is 0 Å². The lowest BCUT2D eigenvalue weighted by Crippen LogP contribution is -2.76. The first kappa shape index (κ1) is 18.5. The molecule has 1 heterocycles. The molecule has 2 unspecified atom stereocenters. The molecule has 2 aromatic rings. The summed E-state index contributed by atoms with van der Waals surface area (Å²) in [6, 6.07) is 9.98. The van der Waals surface area contributed by atoms with E-state index in [4.69, 9.17) is 4.74 Å². The largest absolute Gasteiger partial charge is 0.479 e. The Morgan fingerprint density at radius 3 is 2.69 bits per heavy atom. The smallest absolute Gasteiger partial charge is 0.330 e. The van der Waals surface area contributed by atoms with Gasteiger partial charge in [-0.05, 0) is 24.4 Å². The Morgan fingerprint density at radius 2 is 2.04 bits per heavy atom. The molecule has 0 radical (unpaired) electrons. The first-order valence-corrected chi connectivity index (χ1v) is 9.01. The molecule has 140 valence electrons. The Morgan fingerprint density at radius 1 is 1.31 bits per heavy atom. The maximum Gasteiger partial charge on any atom is 0.330 e. The molecule has 2 N–H and O–H groups in total. The van der Waals surface area contributed by atoms with Gasteiger partial charge in [0.15, 0.2) is 0 Å². The summed E-state index contributed by atoms with van der Waals surface area (Å²) in [5, 5.41) is 13.7. The number of para-hydroxylation sites is 1. The van der Waals surface area contributed by atoms with Gasteiger partial charge in [0.2, 0.25) is 5.91 Å². The van der Waals surface area contributed by atoms with Crippen molar-refractivity contribution in [1.82, 2.24) is 9.88 Å². The van der Waals surface area contributed by atoms with Crippen LogP contribution in [0.1, 0.15) is 33.6 Å². The minimum atomic E-state index is -1.28. The molecule has 2 atom stereocenters. The van der Waals surface area contributed by atoms with Crippen LogP contribution in [0, 0.1) is 5.41 Å². The Bertz CT molecular complexity index is 826. The minimum Gasteiger partial charge on any atom is -0.479 e. The number of carboxylic acid groups (broad SMARTS) is 1. The summed E-state index contributed by atoms with van der Waals surface area (Å²) < 4.78 is 7.64. The van der Waals surface area contributed by atoms with E-state index in [9.17, 15) is 14.7 Å². The van der Waals surface area contributed by atoms with Crippen LogP contribution in [0.3, 0.4) is 0 Å². The molecule has 1 amide bonds. The van der Waals surface area contributed by atoms with Crippen LogP contribution in [0.25, 0.3) is 10.9 Å². The van der Waals surface area contributed by atoms with Gasteiger partial charge >= 0.3 is 5.97 Å². The molecule has 3 rings (SSSR count). The summed E-state index contributed by atoms with van der Waals surface area (Å²) in [6.45, 7) is 6.59. The van der Waals surface area contributed by atoms with Crippen LogP contribution >= 0.6 is 0 Å². The van der Waals surface area contributed by atoms with Crippen LogP contribution in [0.15, 0.2) is 36.5 Å². The third-order valence-electron chi connectivity index (χ3n) is 5.74. The lowest BCUT2D eigenvalue weighted by Gasteiger charge is -2.58. The van der Waals surface area contributed by atoms with Crippen molar-refractivity contribution < 1.29 is 19.4 Å². The standard InChI is InChI=1S/C20H26N2O4/c1-4-26-16-13-20(18(24)25,19(16,2)3)21-17(23)10-12-22-11-9-14-7-5-6-8-15(14)22/h5-9,11,16H,4,10,12-13H2,1-3H3,(H,21,23)(H,24,25). The lowest BCUT2D eigenvalue weighted by atomic mass is 9.54. The van der Waals surface area contributed by atoms with E-state index in [1.165, 1.54) is 0 Å². The quantitative estimate of drug-likeness (QED) is 0.797. The number of amides is 1. The average molecular weight is 358 g/mol. The molecule has 1 aliphatic carbocycles. The Labute approximate surface area is 153 Å². The minimum absolute atomic E-state index is 0.169. The van der Waals surface area contributed by atoms with Gasteiger partial charge in [-0.1, -0.05) is 32.0 Å². The fourth-order valence-corrected chi connectivity index (χ4v) is 3.90. The molecule has 1 aliphatic rings. The third kappa shape index (κ3) is 2.88. The van der Waals surface area contributed by atoms with Crippen LogP contribution in [0.4, 0.5) is 0 Å². The molecule has 0 bridgehead atoms. The summed E-state index contributed by atoms with van der Waals surface area (Å²) in [5.41, 5.74) is -0.874. The van der Waals surface area contributed by atoms with Crippen molar-refractivity contribution in [1.29, 1.82) is 0 Å². The Hall–Kier alpha value is -2.34. The normalized spacial score (nSPS) is 24.2. The number of nitrogens with zero attached hydrogens (tertiary/aromatic N) is 1. The highest BCUT2D eigenvalue weighted by atomic mass is 16.5. The number of aryl methyl sites for hydroxylation is 1. The highest BCUT2D eigenvalue weighted by Crippen LogP contribution is 2.51. The zero-order chi connectivity index (χ0) is 18.9. The van der Waals surface area contributed by atoms with Crippen molar-refractivity contribution in [2.24, 2.45) is 5.41 Å². The number of ether oxygens (including phenoxy) is 1. The zero-order valence-corrected chi connectivity index (χ0v) is 15.5. The van der Waals surface area contributed by atoms with Crippen LogP contribution in [-0.2, 0) is 20.9 Å². The van der Waals surface area contributed by atoms with Gasteiger partial charge in [0.25, 0.3) is 0 Å². The van der Waals surface area contributed by atoms with Gasteiger partial charge in [-0.3, -0.25) is 4.79 Å². The first-order chi connectivity index (χ1) is 12.3. The fraction of sp³-hybridized carbons (Fsp3) is 0.500. The van der Waals surface area contributed by atoms with Gasteiger partial charge in [0.1, 0.15) is 5.54 Å². The van der Waals surface area contributed by atoms with E-state index < -0.39 is 16.9 Å². The highest BCUT2D eigenvalue weighted by molar-refractivity contribution is 5.89. The number of hydrogen-bond donors (Lipinski definition) is 2. The Balaban J connectivity index is 1.67. The van der Waals surface area contributed by atoms with Gasteiger partial charge < -0.3 is 19.7 Å². The fourth-order valence-electron chi connectivity index (χ4n) is 3.90. The van der Waals surface area contributed by atoms with Crippen molar-refractivity contribution in [2.75, 3.05) is 6.61 Å². The van der Waals surface area contributed by atoms with Crippen LogP contribution in [0.5, 0.6) is 0 Å². The number of hydrogen-bond acceptors (Lipinski definition) is 3. The number of rotatable bonds is 7. The number of fused-ring (bicyclic) bond motifs is 1. The summed E-state index contributed by atoms with van der Waals surface area (Å²) >= 11 is 0. The van der Waals surface area contributed by atoms with Crippen LogP contribution in [-0.4, -0.2) is 39.8 Å². The van der Waals surface area contributed by atoms with Gasteiger partial charge in [-0.2, -0.15) is 0 Å². The molecule has 0 aliphatic heterocycles. The van der Waals surface area contributed by atoms with E-state index in [0.29, 0.717) is 19.6 Å². The highest BCUT2D eigenvalue weighted by Gasteiger charge is 2.66. The molecule has 0 spiro atoms. The monoisotopic (exact) mass is 358 g/mol. The van der Waals surface area contributed by atoms with Crippen molar-refractivity contribution in [2.45, 2.75) is 51.8 Å². The van der Waals surface area contributed by atoms with Crippen molar-refractivity contribution in [3.8, 4) is 0 Å². The summed E-state index contributed by atoms with van der Waals surface area (Å²) in [7, 11) is 0. The molecule has 1 aromatic heterocycles. The molecule has 1 fully saturated rings. The SMILES string of the molecule is CCOC1CC(NC(=O)CCn2ccc3ccccc32)(C(=O)O)C1(C)C. The Kier molecular flexibility index (Phi) is 4.80. The summed E-state index contributed by atoms with van der Waals surface area (Å²) in [5.74, 6) is -1.26. The molecule has 6 nitrogen and oxygen atoms in total. The predicted octanol–water partition coefficient (Wildman–Crippen LogP) is 2.81. The number of aromatic nitrogens is 1. The average Bonchev–Trinajstić information content (AvgIpc) is 3.01. The molecule has 26 heavy (non-hydrogen) atoms. The van der Waals surface area contributed by atoms with Crippen molar-refractivity contribution >= 4 is 22.8 Å². The molecule has 1 saturated carbocycles. The second kappa shape index (κ2) is 6.76. The van der Waals surface area contributed by atoms with Gasteiger partial charge in [-0.15, -0.1) is 0 Å². The predicted molar refractivity (Wildman–Crippen MR) is 98.9 cm³/mol. The number of benzene rings is 1. The number of carbonyl (C=O) groups excluding carboxylic acids is 1. The number of carboxylic acids is 1. The third-order valence-corrected chi connectivity index (χ3v) is 5.74. The van der Waals surface area contributed by atoms with E-state index in [0.717, 1.165) is 10.9 Å². The van der Waals surface area contributed by atoms with Crippen molar-refractivity contribution in [3.63, 3.8) is 0 Å². The molecular formula is C20H26N2O4. The van der Waals surface area contributed by atoms with Gasteiger partial charge in [0.05, 0.1) is 6.10 Å². The maximum absolute atomic E-state index is 12.5. The zero-order valence-electron chi connectivity index (χ0n) is 15.5. The number of aliphatic carboxylic acids is 1. The molecule has 0 saturated heterocycles. The van der Waals surface area contributed by atoms with Gasteiger partial charge in [-0.25, -0.2) is 4.79 Å². The maximum atomic E-state index is 12.5. The summed E-state index contributed by atoms with van der Waals surface area (Å²) in [6.07, 6.45) is 2.30. The summed E-state index contributed by atoms with van der Waals surface area (Å²) in [4.78, 5) is 24.4. The molecule has 6 heteroatoms. The number of carbonyl (C=O) groups is 2. The first-order valence-electron chi connectivity index (χ1n) is 9.01.